The third kappa shape index (κ3) is 7.71. The van der Waals surface area contributed by atoms with E-state index in [4.69, 9.17) is 10.5 Å². The maximum atomic E-state index is 12.0. The van der Waals surface area contributed by atoms with Crippen LogP contribution in [0.1, 0.15) is 51.5 Å². The summed E-state index contributed by atoms with van der Waals surface area (Å²) >= 11 is 0. The molecule has 132 valence electrons. The quantitative estimate of drug-likeness (QED) is 0.638. The fraction of sp³-hybridized carbons (Fsp3) is 0.611. The maximum absolute atomic E-state index is 12.0. The highest BCUT2D eigenvalue weighted by Gasteiger charge is 2.25. The van der Waals surface area contributed by atoms with Crippen molar-refractivity contribution in [2.45, 2.75) is 58.4 Å². The summed E-state index contributed by atoms with van der Waals surface area (Å²) in [6.45, 7) is 7.30. The molecule has 0 heterocycles. The molecule has 3 N–H and O–H groups in total. The summed E-state index contributed by atoms with van der Waals surface area (Å²) in [5, 5.41) is 3.09. The number of benzene rings is 1. The Hall–Kier alpha value is -1.26. The van der Waals surface area contributed by atoms with Crippen LogP contribution >= 0.6 is 12.4 Å². The van der Waals surface area contributed by atoms with Gasteiger partial charge in [-0.2, -0.15) is 0 Å². The van der Waals surface area contributed by atoms with E-state index < -0.39 is 0 Å². The van der Waals surface area contributed by atoms with Gasteiger partial charge in [0.25, 0.3) is 0 Å². The van der Waals surface area contributed by atoms with Gasteiger partial charge in [-0.3, -0.25) is 4.79 Å². The number of nitrogens with one attached hydrogen (secondary N) is 1. The molecule has 1 rings (SSSR count). The van der Waals surface area contributed by atoms with Crippen molar-refractivity contribution in [3.05, 3.63) is 29.8 Å². The van der Waals surface area contributed by atoms with E-state index in [9.17, 15) is 4.79 Å². The van der Waals surface area contributed by atoms with Gasteiger partial charge >= 0.3 is 0 Å². The zero-order chi connectivity index (χ0) is 16.4. The molecule has 1 aromatic rings. The number of carbonyl (C=O) groups is 1. The number of nitrogens with two attached hydrogens (primary N) is 1. The molecule has 0 aliphatic carbocycles. The minimum atomic E-state index is -0.241. The van der Waals surface area contributed by atoms with Gasteiger partial charge in [0.2, 0.25) is 5.91 Å². The van der Waals surface area contributed by atoms with Crippen molar-refractivity contribution < 1.29 is 9.53 Å². The zero-order valence-electron chi connectivity index (χ0n) is 14.6. The number of rotatable bonds is 10. The van der Waals surface area contributed by atoms with Crippen LogP contribution in [0.3, 0.4) is 0 Å². The fourth-order valence-electron chi connectivity index (χ4n) is 2.41. The topological polar surface area (TPSA) is 64.3 Å². The number of unbranched alkanes of at least 4 members (excludes halogenated alkanes) is 1. The third-order valence-corrected chi connectivity index (χ3v) is 4.21. The monoisotopic (exact) mass is 342 g/mol. The largest absolute Gasteiger partial charge is 0.494 e. The molecule has 0 radical (unpaired) electrons. The van der Waals surface area contributed by atoms with E-state index >= 15 is 0 Å². The molecule has 0 unspecified atom stereocenters. The minimum Gasteiger partial charge on any atom is -0.494 e. The van der Waals surface area contributed by atoms with Crippen LogP contribution in [0.2, 0.25) is 0 Å². The van der Waals surface area contributed by atoms with Gasteiger partial charge < -0.3 is 15.8 Å². The summed E-state index contributed by atoms with van der Waals surface area (Å²) in [5.41, 5.74) is 6.74. The van der Waals surface area contributed by atoms with Crippen molar-refractivity contribution in [3.63, 3.8) is 0 Å². The lowest BCUT2D eigenvalue weighted by molar-refractivity contribution is -0.123. The van der Waals surface area contributed by atoms with Crippen molar-refractivity contribution in [2.75, 3.05) is 13.2 Å². The SMILES string of the molecule is CCC(CC)(CN)NC(=O)CCCCOc1cccc(C)c1.Cl. The van der Waals surface area contributed by atoms with Crippen LogP contribution in [0.15, 0.2) is 24.3 Å². The standard InChI is InChI=1S/C18H30N2O2.ClH/c1-4-18(5-2,14-19)20-17(21)11-6-7-12-22-16-10-8-9-15(3)13-16;/h8-10,13H,4-7,11-12,14,19H2,1-3H3,(H,20,21);1H. The van der Waals surface area contributed by atoms with E-state index in [0.29, 0.717) is 19.6 Å². The number of aryl methyl sites for hydroxylation is 1. The van der Waals surface area contributed by atoms with Crippen LogP contribution < -0.4 is 15.8 Å². The van der Waals surface area contributed by atoms with Crippen molar-refractivity contribution in [2.24, 2.45) is 5.73 Å². The van der Waals surface area contributed by atoms with Crippen LogP contribution in [-0.2, 0) is 4.79 Å². The van der Waals surface area contributed by atoms with E-state index in [0.717, 1.165) is 31.4 Å². The predicted molar refractivity (Wildman–Crippen MR) is 98.3 cm³/mol. The lowest BCUT2D eigenvalue weighted by Gasteiger charge is -2.31. The predicted octanol–water partition coefficient (Wildman–Crippen LogP) is 3.60. The normalized spacial score (nSPS) is 10.8. The molecule has 5 heteroatoms. The van der Waals surface area contributed by atoms with Crippen LogP contribution in [-0.4, -0.2) is 24.6 Å². The Balaban J connectivity index is 0.00000484. The van der Waals surface area contributed by atoms with Crippen LogP contribution in [0.4, 0.5) is 0 Å². The van der Waals surface area contributed by atoms with Gasteiger partial charge in [0.15, 0.2) is 0 Å². The summed E-state index contributed by atoms with van der Waals surface area (Å²) in [7, 11) is 0. The van der Waals surface area contributed by atoms with Gasteiger partial charge in [-0.15, -0.1) is 12.4 Å². The fourth-order valence-corrected chi connectivity index (χ4v) is 2.41. The minimum absolute atomic E-state index is 0. The Labute approximate surface area is 146 Å². The molecule has 0 aliphatic heterocycles. The Bertz CT molecular complexity index is 454. The molecule has 0 fully saturated rings. The maximum Gasteiger partial charge on any atom is 0.220 e. The lowest BCUT2D eigenvalue weighted by Crippen LogP contribution is -2.52. The molecule has 0 aromatic heterocycles. The second-order valence-corrected chi connectivity index (χ2v) is 5.86. The van der Waals surface area contributed by atoms with Gasteiger partial charge in [0, 0.05) is 13.0 Å². The van der Waals surface area contributed by atoms with E-state index in [1.54, 1.807) is 0 Å². The number of hydrogen-bond acceptors (Lipinski definition) is 3. The average Bonchev–Trinajstić information content (AvgIpc) is 2.52. The number of carbonyl (C=O) groups excluding carboxylic acids is 1. The van der Waals surface area contributed by atoms with Crippen LogP contribution in [0, 0.1) is 6.92 Å². The molecular weight excluding hydrogens is 312 g/mol. The molecule has 0 saturated carbocycles. The number of amides is 1. The van der Waals surface area contributed by atoms with E-state index in [2.05, 4.69) is 19.2 Å². The van der Waals surface area contributed by atoms with Crippen molar-refractivity contribution in [1.29, 1.82) is 0 Å². The summed E-state index contributed by atoms with van der Waals surface area (Å²) < 4.78 is 5.68. The first-order chi connectivity index (χ1) is 10.5. The first kappa shape index (κ1) is 21.7. The van der Waals surface area contributed by atoms with Crippen LogP contribution in [0.5, 0.6) is 5.75 Å². The van der Waals surface area contributed by atoms with Gasteiger partial charge in [0.05, 0.1) is 12.1 Å². The number of hydrogen-bond donors (Lipinski definition) is 2. The molecule has 0 bridgehead atoms. The molecule has 4 nitrogen and oxygen atoms in total. The van der Waals surface area contributed by atoms with Crippen molar-refractivity contribution in [1.82, 2.24) is 5.32 Å². The molecule has 0 saturated heterocycles. The van der Waals surface area contributed by atoms with Crippen LogP contribution in [0.25, 0.3) is 0 Å². The molecule has 0 spiro atoms. The van der Waals surface area contributed by atoms with E-state index in [1.807, 2.05) is 31.2 Å². The summed E-state index contributed by atoms with van der Waals surface area (Å²) in [5.74, 6) is 0.980. The molecule has 1 amide bonds. The first-order valence-electron chi connectivity index (χ1n) is 8.25. The highest BCUT2D eigenvalue weighted by Crippen LogP contribution is 2.15. The van der Waals surface area contributed by atoms with Crippen molar-refractivity contribution in [3.8, 4) is 5.75 Å². The Morgan fingerprint density at radius 3 is 2.52 bits per heavy atom. The molecular formula is C18H31ClN2O2. The molecule has 23 heavy (non-hydrogen) atoms. The Morgan fingerprint density at radius 2 is 1.96 bits per heavy atom. The third-order valence-electron chi connectivity index (χ3n) is 4.21. The van der Waals surface area contributed by atoms with E-state index in [1.165, 1.54) is 5.56 Å². The van der Waals surface area contributed by atoms with Gasteiger partial charge in [-0.05, 0) is 50.3 Å². The second kappa shape index (κ2) is 11.3. The van der Waals surface area contributed by atoms with Crippen molar-refractivity contribution >= 4 is 18.3 Å². The highest BCUT2D eigenvalue weighted by molar-refractivity contribution is 5.85. The van der Waals surface area contributed by atoms with Gasteiger partial charge in [0.1, 0.15) is 5.75 Å². The molecule has 1 aromatic carbocycles. The van der Waals surface area contributed by atoms with Gasteiger partial charge in [-0.25, -0.2) is 0 Å². The van der Waals surface area contributed by atoms with Gasteiger partial charge in [-0.1, -0.05) is 26.0 Å². The summed E-state index contributed by atoms with van der Waals surface area (Å²) in [6, 6.07) is 8.00. The smallest absolute Gasteiger partial charge is 0.220 e. The number of halogens is 1. The number of ether oxygens (including phenoxy) is 1. The second-order valence-electron chi connectivity index (χ2n) is 5.86. The van der Waals surface area contributed by atoms with E-state index in [-0.39, 0.29) is 23.9 Å². The average molecular weight is 343 g/mol. The highest BCUT2D eigenvalue weighted by atomic mass is 35.5. The zero-order valence-corrected chi connectivity index (χ0v) is 15.4. The Kier molecular flexibility index (Phi) is 10.7. The molecule has 0 aliphatic rings. The lowest BCUT2D eigenvalue weighted by atomic mass is 9.92. The Morgan fingerprint density at radius 1 is 1.26 bits per heavy atom. The molecule has 0 atom stereocenters. The summed E-state index contributed by atoms with van der Waals surface area (Å²) in [6.07, 6.45) is 3.95. The first-order valence-corrected chi connectivity index (χ1v) is 8.25. The summed E-state index contributed by atoms with van der Waals surface area (Å²) in [4.78, 5) is 12.0.